The summed E-state index contributed by atoms with van der Waals surface area (Å²) in [6.07, 6.45) is 4.79. The minimum atomic E-state index is -0.281. The highest BCUT2D eigenvalue weighted by atomic mass is 16.5. The van der Waals surface area contributed by atoms with Gasteiger partial charge in [0.1, 0.15) is 11.4 Å². The summed E-state index contributed by atoms with van der Waals surface area (Å²) in [6, 6.07) is 7.47. The molecule has 7 nitrogen and oxygen atoms in total. The number of carbonyl (C=O) groups is 1. The van der Waals surface area contributed by atoms with Crippen LogP contribution in [-0.2, 0) is 14.1 Å². The van der Waals surface area contributed by atoms with Gasteiger partial charge in [-0.05, 0) is 43.0 Å². The second-order valence-corrected chi connectivity index (χ2v) is 7.30. The Morgan fingerprint density at radius 3 is 2.74 bits per heavy atom. The molecule has 2 N–H and O–H groups in total. The lowest BCUT2D eigenvalue weighted by atomic mass is 9.75. The first-order chi connectivity index (χ1) is 13.0. The number of hydrogen-bond acceptors (Lipinski definition) is 4. The van der Waals surface area contributed by atoms with E-state index in [1.807, 2.05) is 49.1 Å². The first-order valence-corrected chi connectivity index (χ1v) is 9.07. The fourth-order valence-electron chi connectivity index (χ4n) is 3.86. The van der Waals surface area contributed by atoms with Crippen molar-refractivity contribution in [1.82, 2.24) is 19.7 Å². The van der Waals surface area contributed by atoms with Crippen LogP contribution in [0.3, 0.4) is 0 Å². The second kappa shape index (κ2) is 6.74. The predicted molar refractivity (Wildman–Crippen MR) is 102 cm³/mol. The minimum absolute atomic E-state index is 0.136. The molecule has 1 amide bonds. The van der Waals surface area contributed by atoms with Crippen molar-refractivity contribution in [3.8, 4) is 5.75 Å². The van der Waals surface area contributed by atoms with Crippen molar-refractivity contribution < 1.29 is 14.6 Å². The molecule has 1 aromatic carbocycles. The summed E-state index contributed by atoms with van der Waals surface area (Å²) in [7, 11) is 5.37. The van der Waals surface area contributed by atoms with Crippen LogP contribution in [0.2, 0.25) is 0 Å². The van der Waals surface area contributed by atoms with Crippen LogP contribution in [0, 0.1) is 5.92 Å². The maximum absolute atomic E-state index is 13.1. The fraction of sp³-hybridized carbons (Fsp3) is 0.400. The highest BCUT2D eigenvalue weighted by Crippen LogP contribution is 2.38. The average Bonchev–Trinajstić information content (AvgIpc) is 3.20. The summed E-state index contributed by atoms with van der Waals surface area (Å²) >= 11 is 0. The van der Waals surface area contributed by atoms with E-state index in [0.29, 0.717) is 18.5 Å². The number of nitrogens with zero attached hydrogens (tertiary/aromatic N) is 3. The molecule has 1 fully saturated rings. The Morgan fingerprint density at radius 1 is 1.33 bits per heavy atom. The van der Waals surface area contributed by atoms with Crippen LogP contribution >= 0.6 is 0 Å². The van der Waals surface area contributed by atoms with Crippen LogP contribution in [0.15, 0.2) is 36.7 Å². The Labute approximate surface area is 157 Å². The molecular weight excluding hydrogens is 344 g/mol. The van der Waals surface area contributed by atoms with Gasteiger partial charge in [0.15, 0.2) is 0 Å². The van der Waals surface area contributed by atoms with Gasteiger partial charge in [0.2, 0.25) is 0 Å². The molecule has 1 aliphatic carbocycles. The average molecular weight is 368 g/mol. The molecule has 0 aliphatic heterocycles. The Balaban J connectivity index is 1.62. The molecule has 3 aromatic rings. The van der Waals surface area contributed by atoms with E-state index in [-0.39, 0.29) is 24.0 Å². The van der Waals surface area contributed by atoms with E-state index in [1.54, 1.807) is 18.0 Å². The Kier molecular flexibility index (Phi) is 4.39. The molecule has 1 saturated carbocycles. The van der Waals surface area contributed by atoms with Crippen LogP contribution in [0.1, 0.15) is 34.9 Å². The molecule has 1 aliphatic rings. The summed E-state index contributed by atoms with van der Waals surface area (Å²) in [5.74, 6) is 0.836. The van der Waals surface area contributed by atoms with E-state index < -0.39 is 0 Å². The molecule has 1 unspecified atom stereocenters. The second-order valence-electron chi connectivity index (χ2n) is 7.30. The van der Waals surface area contributed by atoms with Crippen molar-refractivity contribution >= 4 is 16.8 Å². The lowest BCUT2D eigenvalue weighted by molar-refractivity contribution is 0.0234. The third-order valence-electron chi connectivity index (χ3n) is 5.47. The maximum Gasteiger partial charge on any atom is 0.268 e. The molecule has 7 heteroatoms. The summed E-state index contributed by atoms with van der Waals surface area (Å²) in [4.78, 5) is 13.1. The van der Waals surface area contributed by atoms with Crippen LogP contribution in [-0.4, -0.2) is 38.6 Å². The Hall–Kier alpha value is -2.80. The van der Waals surface area contributed by atoms with Crippen molar-refractivity contribution in [2.45, 2.75) is 25.0 Å². The monoisotopic (exact) mass is 368 g/mol. The van der Waals surface area contributed by atoms with Crippen molar-refractivity contribution in [2.24, 2.45) is 20.0 Å². The first kappa shape index (κ1) is 17.6. The number of nitrogens with one attached hydrogen (secondary N) is 1. The number of aryl methyl sites for hydroxylation is 2. The zero-order valence-corrected chi connectivity index (χ0v) is 15.7. The zero-order chi connectivity index (χ0) is 19.1. The van der Waals surface area contributed by atoms with Crippen LogP contribution in [0.25, 0.3) is 10.9 Å². The zero-order valence-electron chi connectivity index (χ0n) is 15.7. The number of amides is 1. The van der Waals surface area contributed by atoms with Crippen LogP contribution in [0.4, 0.5) is 0 Å². The van der Waals surface area contributed by atoms with Crippen LogP contribution in [0.5, 0.6) is 5.75 Å². The molecular formula is C20H24N4O3. The number of benzene rings is 1. The number of ether oxygens (including phenoxy) is 1. The van der Waals surface area contributed by atoms with Gasteiger partial charge in [0.05, 0.1) is 25.5 Å². The van der Waals surface area contributed by atoms with Gasteiger partial charge in [-0.25, -0.2) is 0 Å². The van der Waals surface area contributed by atoms with Gasteiger partial charge in [-0.15, -0.1) is 0 Å². The van der Waals surface area contributed by atoms with Gasteiger partial charge in [-0.2, -0.15) is 5.10 Å². The highest BCUT2D eigenvalue weighted by molar-refractivity contribution is 5.99. The predicted octanol–water partition coefficient (Wildman–Crippen LogP) is 2.16. The Morgan fingerprint density at radius 2 is 2.11 bits per heavy atom. The summed E-state index contributed by atoms with van der Waals surface area (Å²) in [5, 5.41) is 18.1. The molecule has 27 heavy (non-hydrogen) atoms. The number of methoxy groups -OCH3 is 1. The van der Waals surface area contributed by atoms with E-state index in [0.717, 1.165) is 22.2 Å². The van der Waals surface area contributed by atoms with Crippen molar-refractivity contribution in [3.63, 3.8) is 0 Å². The largest absolute Gasteiger partial charge is 0.497 e. The SMILES string of the molecule is COc1ccc2c(c1)cc(C(=O)NC(c1cnn(C)c1)C1CC(O)C1)n2C. The smallest absolute Gasteiger partial charge is 0.268 e. The maximum atomic E-state index is 13.1. The van der Waals surface area contributed by atoms with Gasteiger partial charge < -0.3 is 19.7 Å². The number of hydrogen-bond donors (Lipinski definition) is 2. The van der Waals surface area contributed by atoms with Gasteiger partial charge in [-0.1, -0.05) is 0 Å². The number of aliphatic hydroxyl groups excluding tert-OH is 1. The van der Waals surface area contributed by atoms with Gasteiger partial charge >= 0.3 is 0 Å². The normalized spacial score (nSPS) is 20.3. The molecule has 1 atom stereocenters. The fourth-order valence-corrected chi connectivity index (χ4v) is 3.86. The number of rotatable bonds is 5. The van der Waals surface area contributed by atoms with Gasteiger partial charge in [0, 0.05) is 36.8 Å². The van der Waals surface area contributed by atoms with E-state index in [1.165, 1.54) is 0 Å². The first-order valence-electron chi connectivity index (χ1n) is 9.07. The van der Waals surface area contributed by atoms with Crippen molar-refractivity contribution in [2.75, 3.05) is 7.11 Å². The molecule has 0 radical (unpaired) electrons. The number of aromatic nitrogens is 3. The molecule has 4 rings (SSSR count). The number of fused-ring (bicyclic) bond motifs is 1. The van der Waals surface area contributed by atoms with E-state index in [9.17, 15) is 9.90 Å². The molecule has 0 saturated heterocycles. The van der Waals surface area contributed by atoms with Crippen LogP contribution < -0.4 is 10.1 Å². The lowest BCUT2D eigenvalue weighted by Crippen LogP contribution is -2.41. The van der Waals surface area contributed by atoms with E-state index in [2.05, 4.69) is 10.4 Å². The summed E-state index contributed by atoms with van der Waals surface area (Å²) in [5.41, 5.74) is 2.52. The summed E-state index contributed by atoms with van der Waals surface area (Å²) < 4.78 is 8.90. The minimum Gasteiger partial charge on any atom is -0.497 e. The lowest BCUT2D eigenvalue weighted by Gasteiger charge is -2.37. The topological polar surface area (TPSA) is 81.3 Å². The highest BCUT2D eigenvalue weighted by Gasteiger charge is 2.36. The summed E-state index contributed by atoms with van der Waals surface area (Å²) in [6.45, 7) is 0. The van der Waals surface area contributed by atoms with Gasteiger partial charge in [-0.3, -0.25) is 9.48 Å². The third-order valence-corrected chi connectivity index (χ3v) is 5.47. The Bertz CT molecular complexity index is 984. The third kappa shape index (κ3) is 3.19. The standard InChI is InChI=1S/C20H24N4O3/c1-23-11-14(10-21-23)19(13-6-15(25)7-13)22-20(26)18-9-12-8-16(27-3)4-5-17(12)24(18)2/h4-5,8-11,13,15,19,25H,6-7H2,1-3H3,(H,22,26). The molecule has 142 valence electrons. The van der Waals surface area contributed by atoms with Crippen molar-refractivity contribution in [1.29, 1.82) is 0 Å². The number of aliphatic hydroxyl groups is 1. The quantitative estimate of drug-likeness (QED) is 0.723. The molecule has 0 spiro atoms. The van der Waals surface area contributed by atoms with Gasteiger partial charge in [0.25, 0.3) is 5.91 Å². The van der Waals surface area contributed by atoms with Crippen molar-refractivity contribution in [3.05, 3.63) is 47.9 Å². The molecule has 0 bridgehead atoms. The van der Waals surface area contributed by atoms with E-state index >= 15 is 0 Å². The molecule has 2 aromatic heterocycles. The molecule has 2 heterocycles. The van der Waals surface area contributed by atoms with E-state index in [4.69, 9.17) is 4.74 Å². The number of carbonyl (C=O) groups excluding carboxylic acids is 1.